The Kier molecular flexibility index (Phi) is 4.12. The number of nitrogens with two attached hydrogens (primary N) is 1. The number of nitrogen functional groups attached to an aromatic ring is 1. The average Bonchev–Trinajstić information content (AvgIpc) is 2.59. The number of rotatable bonds is 5. The predicted molar refractivity (Wildman–Crippen MR) is 59.0 cm³/mol. The van der Waals surface area contributed by atoms with E-state index in [0.717, 1.165) is 18.5 Å². The Morgan fingerprint density at radius 1 is 1.79 bits per heavy atom. The topological polar surface area (TPSA) is 71.5 Å². The first-order valence-corrected chi connectivity index (χ1v) is 5.15. The molecule has 1 unspecified atom stereocenters. The highest BCUT2D eigenvalue weighted by molar-refractivity contribution is 7.13. The smallest absolute Gasteiger partial charge is 0.180 e. The fraction of sp³-hybridized carbons (Fsp3) is 0.333. The summed E-state index contributed by atoms with van der Waals surface area (Å²) in [4.78, 5) is 4.14. The van der Waals surface area contributed by atoms with Crippen LogP contribution in [0.4, 0.5) is 5.13 Å². The van der Waals surface area contributed by atoms with Crippen molar-refractivity contribution >= 4 is 22.7 Å². The molecule has 76 valence electrons. The normalized spacial score (nSPS) is 13.1. The summed E-state index contributed by atoms with van der Waals surface area (Å²) in [6.45, 7) is 3.64. The second-order valence-electron chi connectivity index (χ2n) is 2.85. The summed E-state index contributed by atoms with van der Waals surface area (Å²) < 4.78 is 0. The number of aromatic nitrogens is 1. The van der Waals surface area contributed by atoms with Crippen LogP contribution in [0.2, 0.25) is 0 Å². The molecule has 14 heavy (non-hydrogen) atoms. The summed E-state index contributed by atoms with van der Waals surface area (Å²) in [6, 6.07) is 0. The van der Waals surface area contributed by atoms with Gasteiger partial charge in [0.25, 0.3) is 0 Å². The minimum atomic E-state index is 0.0200. The van der Waals surface area contributed by atoms with Gasteiger partial charge in [-0.1, -0.05) is 6.08 Å². The van der Waals surface area contributed by atoms with E-state index < -0.39 is 0 Å². The van der Waals surface area contributed by atoms with E-state index in [1.165, 1.54) is 17.6 Å². The van der Waals surface area contributed by atoms with Gasteiger partial charge in [0.05, 0.1) is 11.9 Å². The van der Waals surface area contributed by atoms with E-state index in [4.69, 9.17) is 10.9 Å². The molecule has 0 aliphatic carbocycles. The van der Waals surface area contributed by atoms with Crippen LogP contribution in [0.1, 0.15) is 24.5 Å². The van der Waals surface area contributed by atoms with Crippen LogP contribution in [-0.2, 0) is 0 Å². The number of oxime groups is 1. The van der Waals surface area contributed by atoms with E-state index in [2.05, 4.69) is 16.7 Å². The Bertz CT molecular complexity index is 322. The van der Waals surface area contributed by atoms with Crippen LogP contribution in [0.3, 0.4) is 0 Å². The van der Waals surface area contributed by atoms with Crippen LogP contribution in [-0.4, -0.2) is 16.4 Å². The van der Waals surface area contributed by atoms with Crippen molar-refractivity contribution in [3.8, 4) is 0 Å². The third kappa shape index (κ3) is 2.85. The van der Waals surface area contributed by atoms with Gasteiger partial charge in [-0.25, -0.2) is 4.98 Å². The molecule has 0 saturated heterocycles. The van der Waals surface area contributed by atoms with Gasteiger partial charge in [-0.05, 0) is 12.8 Å². The van der Waals surface area contributed by atoms with E-state index >= 15 is 0 Å². The molecule has 1 aromatic heterocycles. The Hall–Kier alpha value is -1.36. The number of nitrogens with zero attached hydrogens (tertiary/aromatic N) is 2. The van der Waals surface area contributed by atoms with Crippen LogP contribution >= 0.6 is 11.3 Å². The van der Waals surface area contributed by atoms with E-state index in [1.54, 1.807) is 0 Å². The van der Waals surface area contributed by atoms with Crippen molar-refractivity contribution in [1.29, 1.82) is 0 Å². The second-order valence-corrected chi connectivity index (χ2v) is 3.74. The molecule has 0 aliphatic heterocycles. The SMILES string of the molecule is C=CCCC(C=NO)c1csc(N)n1. The lowest BCUT2D eigenvalue weighted by Gasteiger charge is -2.05. The summed E-state index contributed by atoms with van der Waals surface area (Å²) in [5.74, 6) is 0.0200. The second kappa shape index (κ2) is 5.39. The Balaban J connectivity index is 2.71. The third-order valence-electron chi connectivity index (χ3n) is 1.85. The van der Waals surface area contributed by atoms with E-state index in [0.29, 0.717) is 5.13 Å². The predicted octanol–water partition coefficient (Wildman–Crippen LogP) is 2.24. The van der Waals surface area contributed by atoms with Gasteiger partial charge in [-0.15, -0.1) is 23.1 Å². The number of hydrogen-bond acceptors (Lipinski definition) is 5. The fourth-order valence-electron chi connectivity index (χ4n) is 1.15. The van der Waals surface area contributed by atoms with Crippen LogP contribution in [0.5, 0.6) is 0 Å². The molecule has 0 saturated carbocycles. The van der Waals surface area contributed by atoms with Gasteiger partial charge < -0.3 is 10.9 Å². The summed E-state index contributed by atoms with van der Waals surface area (Å²) >= 11 is 1.39. The molecule has 4 nitrogen and oxygen atoms in total. The Morgan fingerprint density at radius 3 is 3.07 bits per heavy atom. The van der Waals surface area contributed by atoms with Crippen molar-refractivity contribution in [3.05, 3.63) is 23.7 Å². The first-order valence-electron chi connectivity index (χ1n) is 4.27. The maximum atomic E-state index is 8.49. The molecule has 5 heteroatoms. The lowest BCUT2D eigenvalue weighted by atomic mass is 10.0. The van der Waals surface area contributed by atoms with Gasteiger partial charge in [0.2, 0.25) is 0 Å². The van der Waals surface area contributed by atoms with Gasteiger partial charge in [0.1, 0.15) is 0 Å². The molecule has 1 atom stereocenters. The number of anilines is 1. The lowest BCUT2D eigenvalue weighted by molar-refractivity contribution is 0.319. The number of thiazole rings is 1. The Morgan fingerprint density at radius 2 is 2.57 bits per heavy atom. The van der Waals surface area contributed by atoms with Gasteiger partial charge in [-0.3, -0.25) is 0 Å². The largest absolute Gasteiger partial charge is 0.411 e. The van der Waals surface area contributed by atoms with Crippen LogP contribution < -0.4 is 5.73 Å². The molecule has 1 rings (SSSR count). The molecule has 0 amide bonds. The van der Waals surface area contributed by atoms with Crippen LogP contribution in [0.15, 0.2) is 23.2 Å². The van der Waals surface area contributed by atoms with Crippen molar-refractivity contribution < 1.29 is 5.21 Å². The zero-order chi connectivity index (χ0) is 10.4. The summed E-state index contributed by atoms with van der Waals surface area (Å²) in [5, 5.41) is 13.9. The molecule has 3 N–H and O–H groups in total. The molecular formula is C9H13N3OS. The van der Waals surface area contributed by atoms with E-state index in [-0.39, 0.29) is 5.92 Å². The highest BCUT2D eigenvalue weighted by Gasteiger charge is 2.11. The zero-order valence-electron chi connectivity index (χ0n) is 7.76. The molecule has 0 aromatic carbocycles. The maximum absolute atomic E-state index is 8.49. The Labute approximate surface area is 86.8 Å². The molecule has 1 aromatic rings. The average molecular weight is 211 g/mol. The van der Waals surface area contributed by atoms with Crippen molar-refractivity contribution in [2.45, 2.75) is 18.8 Å². The molecule has 0 aliphatic rings. The molecular weight excluding hydrogens is 198 g/mol. The van der Waals surface area contributed by atoms with Crippen LogP contribution in [0.25, 0.3) is 0 Å². The molecule has 1 heterocycles. The van der Waals surface area contributed by atoms with E-state index in [1.807, 2.05) is 11.5 Å². The van der Waals surface area contributed by atoms with Gasteiger partial charge in [0, 0.05) is 11.3 Å². The highest BCUT2D eigenvalue weighted by atomic mass is 32.1. The molecule has 0 fully saturated rings. The number of hydrogen-bond donors (Lipinski definition) is 2. The van der Waals surface area contributed by atoms with Crippen LogP contribution in [0, 0.1) is 0 Å². The van der Waals surface area contributed by atoms with Gasteiger partial charge >= 0.3 is 0 Å². The van der Waals surface area contributed by atoms with Crippen molar-refractivity contribution in [2.75, 3.05) is 5.73 Å². The minimum absolute atomic E-state index is 0.0200. The van der Waals surface area contributed by atoms with E-state index in [9.17, 15) is 0 Å². The highest BCUT2D eigenvalue weighted by Crippen LogP contribution is 2.22. The quantitative estimate of drug-likeness (QED) is 0.339. The maximum Gasteiger partial charge on any atom is 0.180 e. The van der Waals surface area contributed by atoms with Gasteiger partial charge in [0.15, 0.2) is 5.13 Å². The summed E-state index contributed by atoms with van der Waals surface area (Å²) in [5.41, 5.74) is 6.38. The minimum Gasteiger partial charge on any atom is -0.411 e. The molecule has 0 radical (unpaired) electrons. The zero-order valence-corrected chi connectivity index (χ0v) is 8.57. The first-order chi connectivity index (χ1) is 6.77. The lowest BCUT2D eigenvalue weighted by Crippen LogP contribution is -2.01. The van der Waals surface area contributed by atoms with Crippen molar-refractivity contribution in [3.63, 3.8) is 0 Å². The standard InChI is InChI=1S/C9H13N3OS/c1-2-3-4-7(5-11-13)8-6-14-9(10)12-8/h2,5-7,13H,1,3-4H2,(H2,10,12). The molecule has 0 bridgehead atoms. The summed E-state index contributed by atoms with van der Waals surface area (Å²) in [7, 11) is 0. The van der Waals surface area contributed by atoms with Crippen molar-refractivity contribution in [1.82, 2.24) is 4.98 Å². The van der Waals surface area contributed by atoms with Crippen molar-refractivity contribution in [2.24, 2.45) is 5.16 Å². The fourth-order valence-corrected chi connectivity index (χ4v) is 1.77. The third-order valence-corrected chi connectivity index (χ3v) is 2.54. The molecule has 0 spiro atoms. The first kappa shape index (κ1) is 10.7. The summed E-state index contributed by atoms with van der Waals surface area (Å²) in [6.07, 6.45) is 4.98. The van der Waals surface area contributed by atoms with Gasteiger partial charge in [-0.2, -0.15) is 0 Å². The monoisotopic (exact) mass is 211 g/mol. The number of allylic oxidation sites excluding steroid dienone is 1.